The molecule has 0 unspecified atom stereocenters. The Bertz CT molecular complexity index is 1210. The van der Waals surface area contributed by atoms with Gasteiger partial charge in [0.15, 0.2) is 16.7 Å². The number of carboxylic acids is 1. The van der Waals surface area contributed by atoms with E-state index in [1.807, 2.05) is 0 Å². The Morgan fingerprint density at radius 3 is 2.50 bits per heavy atom. The second-order valence-electron chi connectivity index (χ2n) is 6.19. The zero-order chi connectivity index (χ0) is 23.4. The van der Waals surface area contributed by atoms with Crippen molar-refractivity contribution in [2.24, 2.45) is 0 Å². The summed E-state index contributed by atoms with van der Waals surface area (Å²) in [5.41, 5.74) is 0.875. The molecule has 0 saturated carbocycles. The molecule has 7 nitrogen and oxygen atoms in total. The molecule has 1 aromatic heterocycles. The quantitative estimate of drug-likeness (QED) is 0.326. The molecular formula is C21H15Cl2FN2O5S. The minimum absolute atomic E-state index is 0.0525. The number of amides is 1. The number of aromatic nitrogens is 1. The van der Waals surface area contributed by atoms with Gasteiger partial charge in [0.05, 0.1) is 30.0 Å². The Hall–Kier alpha value is -3.14. The highest BCUT2D eigenvalue weighted by atomic mass is 35.5. The van der Waals surface area contributed by atoms with Crippen molar-refractivity contribution in [3.63, 3.8) is 0 Å². The summed E-state index contributed by atoms with van der Waals surface area (Å²) in [6.45, 7) is 0. The van der Waals surface area contributed by atoms with Crippen molar-refractivity contribution >= 4 is 57.6 Å². The molecule has 0 atom stereocenters. The monoisotopic (exact) mass is 496 g/mol. The Kier molecular flexibility index (Phi) is 7.34. The van der Waals surface area contributed by atoms with Crippen LogP contribution >= 0.6 is 34.5 Å². The van der Waals surface area contributed by atoms with Gasteiger partial charge in [-0.3, -0.25) is 10.1 Å². The molecule has 11 heteroatoms. The summed E-state index contributed by atoms with van der Waals surface area (Å²) in [6.07, 6.45) is 1.16. The fourth-order valence-electron chi connectivity index (χ4n) is 2.68. The van der Waals surface area contributed by atoms with Gasteiger partial charge >= 0.3 is 5.97 Å². The van der Waals surface area contributed by atoms with E-state index in [-0.39, 0.29) is 43.4 Å². The van der Waals surface area contributed by atoms with Crippen molar-refractivity contribution in [3.8, 4) is 17.0 Å². The standard InChI is InChI=1S/C21H15Cl2FN2O5S/c1-30-16-5-3-4-11(18(16)24)15-9-32-21(25-15)26-19(27)10-6-13(22)12(14(23)7-10)8-17(31-2)20(28)29/h3-9H,1-2H3,(H,28,29)(H,25,26,27). The zero-order valence-corrected chi connectivity index (χ0v) is 18.9. The van der Waals surface area contributed by atoms with Crippen LogP contribution in [-0.4, -0.2) is 36.2 Å². The average Bonchev–Trinajstić information content (AvgIpc) is 3.21. The third-order valence-corrected chi connectivity index (χ3v) is 5.61. The Labute approximate surface area is 196 Å². The number of nitrogens with one attached hydrogen (secondary N) is 1. The van der Waals surface area contributed by atoms with Crippen LogP contribution in [0, 0.1) is 5.82 Å². The molecule has 0 saturated heterocycles. The largest absolute Gasteiger partial charge is 0.494 e. The van der Waals surface area contributed by atoms with Crippen molar-refractivity contribution in [2.75, 3.05) is 19.5 Å². The minimum atomic E-state index is -1.30. The van der Waals surface area contributed by atoms with E-state index >= 15 is 0 Å². The topological polar surface area (TPSA) is 97.8 Å². The molecule has 0 radical (unpaired) electrons. The molecule has 166 valence electrons. The van der Waals surface area contributed by atoms with Gasteiger partial charge in [-0.05, 0) is 30.3 Å². The van der Waals surface area contributed by atoms with Crippen LogP contribution in [0.3, 0.4) is 0 Å². The molecule has 0 fully saturated rings. The summed E-state index contributed by atoms with van der Waals surface area (Å²) in [7, 11) is 2.56. The number of nitrogens with zero attached hydrogens (tertiary/aromatic N) is 1. The number of methoxy groups -OCH3 is 2. The van der Waals surface area contributed by atoms with Gasteiger partial charge in [-0.15, -0.1) is 11.3 Å². The molecule has 1 heterocycles. The van der Waals surface area contributed by atoms with E-state index in [0.717, 1.165) is 17.4 Å². The first-order chi connectivity index (χ1) is 15.2. The fraction of sp³-hybridized carbons (Fsp3) is 0.0952. The predicted octanol–water partition coefficient (Wildman–Crippen LogP) is 5.59. The van der Waals surface area contributed by atoms with Crippen molar-refractivity contribution in [1.82, 2.24) is 4.98 Å². The first-order valence-electron chi connectivity index (χ1n) is 8.83. The molecule has 32 heavy (non-hydrogen) atoms. The maximum Gasteiger partial charge on any atom is 0.371 e. The number of benzene rings is 2. The summed E-state index contributed by atoms with van der Waals surface area (Å²) in [6, 6.07) is 7.34. The van der Waals surface area contributed by atoms with Gasteiger partial charge in [-0.2, -0.15) is 0 Å². The molecule has 0 spiro atoms. The maximum atomic E-state index is 14.5. The van der Waals surface area contributed by atoms with Crippen LogP contribution < -0.4 is 10.1 Å². The van der Waals surface area contributed by atoms with Gasteiger partial charge in [0, 0.05) is 22.1 Å². The van der Waals surface area contributed by atoms with Crippen LogP contribution in [0.1, 0.15) is 15.9 Å². The van der Waals surface area contributed by atoms with Crippen LogP contribution in [-0.2, 0) is 9.53 Å². The van der Waals surface area contributed by atoms with Gasteiger partial charge in [-0.1, -0.05) is 29.3 Å². The molecular weight excluding hydrogens is 482 g/mol. The first-order valence-corrected chi connectivity index (χ1v) is 10.5. The molecule has 3 aromatic rings. The summed E-state index contributed by atoms with van der Waals surface area (Å²) < 4.78 is 24.2. The molecule has 0 aliphatic heterocycles. The van der Waals surface area contributed by atoms with Gasteiger partial charge < -0.3 is 14.6 Å². The lowest BCUT2D eigenvalue weighted by Crippen LogP contribution is -2.12. The molecule has 0 aliphatic carbocycles. The van der Waals surface area contributed by atoms with E-state index < -0.39 is 17.7 Å². The highest BCUT2D eigenvalue weighted by molar-refractivity contribution is 7.14. The molecule has 0 bridgehead atoms. The lowest BCUT2D eigenvalue weighted by atomic mass is 10.1. The van der Waals surface area contributed by atoms with Crippen molar-refractivity contribution in [2.45, 2.75) is 0 Å². The lowest BCUT2D eigenvalue weighted by Gasteiger charge is -2.08. The van der Waals surface area contributed by atoms with Gasteiger partial charge in [0.25, 0.3) is 5.91 Å². The Morgan fingerprint density at radius 1 is 1.22 bits per heavy atom. The summed E-state index contributed by atoms with van der Waals surface area (Å²) >= 11 is 13.5. The lowest BCUT2D eigenvalue weighted by molar-refractivity contribution is -0.135. The van der Waals surface area contributed by atoms with Crippen LogP contribution in [0.4, 0.5) is 9.52 Å². The van der Waals surface area contributed by atoms with E-state index in [9.17, 15) is 14.0 Å². The second kappa shape index (κ2) is 9.99. The number of carboxylic acid groups (broad SMARTS) is 1. The molecule has 2 N–H and O–H groups in total. The first kappa shape index (κ1) is 23.5. The third-order valence-electron chi connectivity index (χ3n) is 4.23. The van der Waals surface area contributed by atoms with Crippen LogP contribution in [0.15, 0.2) is 41.5 Å². The second-order valence-corrected chi connectivity index (χ2v) is 7.86. The highest BCUT2D eigenvalue weighted by Crippen LogP contribution is 2.32. The maximum absolute atomic E-state index is 14.5. The van der Waals surface area contributed by atoms with E-state index in [1.165, 1.54) is 32.4 Å². The van der Waals surface area contributed by atoms with Gasteiger partial charge in [0.1, 0.15) is 0 Å². The van der Waals surface area contributed by atoms with E-state index in [4.69, 9.17) is 37.8 Å². The van der Waals surface area contributed by atoms with Crippen LogP contribution in [0.25, 0.3) is 17.3 Å². The highest BCUT2D eigenvalue weighted by Gasteiger charge is 2.17. The van der Waals surface area contributed by atoms with E-state index in [1.54, 1.807) is 17.5 Å². The summed E-state index contributed by atoms with van der Waals surface area (Å²) in [5, 5.41) is 13.6. The third kappa shape index (κ3) is 5.01. The SMILES string of the molecule is COC(=Cc1c(Cl)cc(C(=O)Nc2nc(-c3cccc(OC)c3F)cs2)cc1Cl)C(=O)O. The van der Waals surface area contributed by atoms with Gasteiger partial charge in [0.2, 0.25) is 5.76 Å². The Balaban J connectivity index is 1.84. The number of ether oxygens (including phenoxy) is 2. The number of halogens is 3. The Morgan fingerprint density at radius 2 is 1.91 bits per heavy atom. The number of carbonyl (C=O) groups excluding carboxylic acids is 1. The van der Waals surface area contributed by atoms with Crippen LogP contribution in [0.5, 0.6) is 5.75 Å². The summed E-state index contributed by atoms with van der Waals surface area (Å²) in [4.78, 5) is 28.0. The predicted molar refractivity (Wildman–Crippen MR) is 121 cm³/mol. The number of anilines is 1. The van der Waals surface area contributed by atoms with Crippen molar-refractivity contribution in [3.05, 3.63) is 68.5 Å². The normalized spacial score (nSPS) is 11.2. The van der Waals surface area contributed by atoms with E-state index in [0.29, 0.717) is 5.69 Å². The fourth-order valence-corrected chi connectivity index (χ4v) is 3.98. The van der Waals surface area contributed by atoms with E-state index in [2.05, 4.69) is 10.3 Å². The molecule has 3 rings (SSSR count). The smallest absolute Gasteiger partial charge is 0.371 e. The number of thiazole rings is 1. The number of carbonyl (C=O) groups is 2. The van der Waals surface area contributed by atoms with Crippen molar-refractivity contribution in [1.29, 1.82) is 0 Å². The molecule has 2 aromatic carbocycles. The summed E-state index contributed by atoms with van der Waals surface area (Å²) in [5.74, 6) is -2.70. The average molecular weight is 497 g/mol. The zero-order valence-electron chi connectivity index (χ0n) is 16.6. The number of hydrogen-bond acceptors (Lipinski definition) is 6. The van der Waals surface area contributed by atoms with Gasteiger partial charge in [-0.25, -0.2) is 14.2 Å². The molecule has 0 aliphatic rings. The number of hydrogen-bond donors (Lipinski definition) is 2. The van der Waals surface area contributed by atoms with Crippen LogP contribution in [0.2, 0.25) is 10.0 Å². The van der Waals surface area contributed by atoms with Crippen molar-refractivity contribution < 1.29 is 28.6 Å². The number of rotatable bonds is 7. The minimum Gasteiger partial charge on any atom is -0.494 e. The molecule has 1 amide bonds. The number of aliphatic carboxylic acids is 1.